The maximum absolute atomic E-state index is 7.50. The van der Waals surface area contributed by atoms with E-state index in [1.54, 1.807) is 7.11 Å². The molecule has 1 rings (SSSR count). The van der Waals surface area contributed by atoms with Crippen molar-refractivity contribution in [3.8, 4) is 5.75 Å². The van der Waals surface area contributed by atoms with Gasteiger partial charge in [0.25, 0.3) is 0 Å². The van der Waals surface area contributed by atoms with Crippen molar-refractivity contribution >= 4 is 13.3 Å². The van der Waals surface area contributed by atoms with E-state index in [0.29, 0.717) is 0 Å². The van der Waals surface area contributed by atoms with Gasteiger partial charge in [-0.2, -0.15) is 0 Å². The molecule has 0 saturated heterocycles. The Bertz CT molecular complexity index is 349. The number of rotatable bonds is 2. The summed E-state index contributed by atoms with van der Waals surface area (Å²) >= 11 is 0. The zero-order chi connectivity index (χ0) is 15.2. The molecule has 0 unspecified atom stereocenters. The molecule has 6 heteroatoms. The summed E-state index contributed by atoms with van der Waals surface area (Å²) in [6, 6.07) is 8.41. The summed E-state index contributed by atoms with van der Waals surface area (Å²) in [7, 11) is 0.573. The van der Waals surface area contributed by atoms with Gasteiger partial charge in [-0.25, -0.2) is 0 Å². The van der Waals surface area contributed by atoms with Gasteiger partial charge in [-0.3, -0.25) is 0 Å². The molecular weight excluding hydrogens is 300 g/mol. The predicted octanol–water partition coefficient (Wildman–Crippen LogP) is 2.13. The molecule has 4 nitrogen and oxygen atoms in total. The molecule has 0 heterocycles. The van der Waals surface area contributed by atoms with Gasteiger partial charge in [0.15, 0.2) is 0 Å². The number of hydrogen-bond donors (Lipinski definition) is 0. The van der Waals surface area contributed by atoms with Crippen molar-refractivity contribution < 1.29 is 36.1 Å². The third kappa shape index (κ3) is 13.2. The monoisotopic (exact) mass is 316 g/mol. The van der Waals surface area contributed by atoms with Gasteiger partial charge in [0, 0.05) is 17.4 Å². The zero-order valence-electron chi connectivity index (χ0n) is 11.4. The maximum atomic E-state index is 7.50. The SMILES string of the molecule is COc1ccc([Si](C)(C)C)cc1.[C-]#[O+].[C-]#[O+].[C-]#[O+].[Cr]. The summed E-state index contributed by atoms with van der Waals surface area (Å²) in [6.07, 6.45) is 0. The van der Waals surface area contributed by atoms with Gasteiger partial charge in [-0.1, -0.05) is 37.0 Å². The van der Waals surface area contributed by atoms with Crippen molar-refractivity contribution in [1.82, 2.24) is 0 Å². The van der Waals surface area contributed by atoms with Crippen LogP contribution in [0.2, 0.25) is 19.6 Å². The van der Waals surface area contributed by atoms with Gasteiger partial charge in [0.2, 0.25) is 0 Å². The van der Waals surface area contributed by atoms with E-state index >= 15 is 0 Å². The summed E-state index contributed by atoms with van der Waals surface area (Å²) in [5.41, 5.74) is 0. The fourth-order valence-corrected chi connectivity index (χ4v) is 2.26. The van der Waals surface area contributed by atoms with Crippen LogP contribution in [0, 0.1) is 20.0 Å². The Labute approximate surface area is 126 Å². The van der Waals surface area contributed by atoms with E-state index in [2.05, 4.69) is 51.7 Å². The Morgan fingerprint density at radius 2 is 1.16 bits per heavy atom. The first-order valence-corrected chi connectivity index (χ1v) is 8.30. The van der Waals surface area contributed by atoms with Gasteiger partial charge < -0.3 is 4.74 Å². The fourth-order valence-electron chi connectivity index (χ4n) is 1.09. The fraction of sp³-hybridized carbons (Fsp3) is 0.308. The van der Waals surface area contributed by atoms with Gasteiger partial charge in [0.05, 0.1) is 15.2 Å². The average molecular weight is 316 g/mol. The van der Waals surface area contributed by atoms with Crippen LogP contribution in [0.4, 0.5) is 0 Å². The van der Waals surface area contributed by atoms with Crippen LogP contribution in [-0.4, -0.2) is 15.2 Å². The number of methoxy groups -OCH3 is 1. The average Bonchev–Trinajstić information content (AvgIpc) is 2.44. The Hall–Kier alpha value is -1.01. The second-order valence-electron chi connectivity index (χ2n) is 3.98. The van der Waals surface area contributed by atoms with Crippen molar-refractivity contribution in [2.24, 2.45) is 0 Å². The summed E-state index contributed by atoms with van der Waals surface area (Å²) < 4.78 is 27.6. The molecule has 0 fully saturated rings. The number of benzene rings is 1. The smallest absolute Gasteiger partial charge is 0 e. The van der Waals surface area contributed by atoms with Crippen LogP contribution < -0.4 is 9.92 Å². The molecule has 0 aliphatic carbocycles. The molecule has 0 spiro atoms. The third-order valence-electron chi connectivity index (χ3n) is 1.96. The normalized spacial score (nSPS) is 7.47. The van der Waals surface area contributed by atoms with Crippen LogP contribution in [0.25, 0.3) is 0 Å². The molecule has 0 bridgehead atoms. The molecule has 0 saturated carbocycles. The Balaban J connectivity index is -0.000000142. The first-order valence-electron chi connectivity index (χ1n) is 4.80. The second kappa shape index (κ2) is 17.0. The van der Waals surface area contributed by atoms with Gasteiger partial charge >= 0.3 is 33.9 Å². The Morgan fingerprint density at radius 3 is 1.37 bits per heavy atom. The third-order valence-corrected chi connectivity index (χ3v) is 4.02. The zero-order valence-corrected chi connectivity index (χ0v) is 13.6. The molecule has 0 N–H and O–H groups in total. The summed E-state index contributed by atoms with van der Waals surface area (Å²) in [6.45, 7) is 20.5. The van der Waals surface area contributed by atoms with Crippen LogP contribution >= 0.6 is 0 Å². The van der Waals surface area contributed by atoms with Crippen molar-refractivity contribution in [3.63, 3.8) is 0 Å². The number of ether oxygens (including phenoxy) is 1. The minimum Gasteiger partial charge on any atom is 0 e. The largest absolute Gasteiger partial charge is 0 e. The van der Waals surface area contributed by atoms with Crippen molar-refractivity contribution in [2.45, 2.75) is 19.6 Å². The molecular formula is C13H16CrO4Si. The molecule has 1 aromatic rings. The minimum absolute atomic E-state index is 0. The van der Waals surface area contributed by atoms with Crippen LogP contribution in [0.1, 0.15) is 0 Å². The van der Waals surface area contributed by atoms with E-state index < -0.39 is 8.07 Å². The van der Waals surface area contributed by atoms with E-state index in [0.717, 1.165) is 5.75 Å². The first kappa shape index (κ1) is 26.5. The molecule has 0 aliphatic rings. The molecule has 19 heavy (non-hydrogen) atoms. The van der Waals surface area contributed by atoms with Gasteiger partial charge in [-0.05, 0) is 12.1 Å². The van der Waals surface area contributed by atoms with Gasteiger partial charge in [-0.15, -0.1) is 0 Å². The molecule has 1 aromatic carbocycles. The standard InChI is InChI=1S/C10H16OSi.3CO.Cr/c1-11-9-5-7-10(8-6-9)12(2,3)4;3*1-2;/h5-8H,1-4H3;;;;. The van der Waals surface area contributed by atoms with E-state index in [-0.39, 0.29) is 17.4 Å². The Morgan fingerprint density at radius 1 is 0.842 bits per heavy atom. The molecule has 0 aliphatic heterocycles. The summed E-state index contributed by atoms with van der Waals surface area (Å²) in [4.78, 5) is 0. The van der Waals surface area contributed by atoms with Crippen LogP contribution in [0.5, 0.6) is 5.75 Å². The van der Waals surface area contributed by atoms with Crippen LogP contribution in [0.3, 0.4) is 0 Å². The van der Waals surface area contributed by atoms with Crippen molar-refractivity contribution in [2.75, 3.05) is 7.11 Å². The quantitative estimate of drug-likeness (QED) is 0.468. The van der Waals surface area contributed by atoms with E-state index in [9.17, 15) is 0 Å². The number of hydrogen-bond acceptors (Lipinski definition) is 1. The Kier molecular flexibility index (Phi) is 23.7. The summed E-state index contributed by atoms with van der Waals surface area (Å²) in [5, 5.41) is 1.48. The molecule has 0 amide bonds. The van der Waals surface area contributed by atoms with Crippen molar-refractivity contribution in [1.29, 1.82) is 0 Å². The molecule has 0 aromatic heterocycles. The van der Waals surface area contributed by atoms with Crippen LogP contribution in [0.15, 0.2) is 24.3 Å². The topological polar surface area (TPSA) is 68.9 Å². The maximum Gasteiger partial charge on any atom is 0 e. The molecule has 102 valence electrons. The van der Waals surface area contributed by atoms with Gasteiger partial charge in [0.1, 0.15) is 5.75 Å². The predicted molar refractivity (Wildman–Crippen MR) is 67.8 cm³/mol. The second-order valence-corrected chi connectivity index (χ2v) is 9.06. The van der Waals surface area contributed by atoms with E-state index in [1.807, 2.05) is 12.1 Å². The minimum atomic E-state index is -1.12. The van der Waals surface area contributed by atoms with Crippen LogP contribution in [-0.2, 0) is 31.3 Å². The first-order chi connectivity index (χ1) is 8.54. The summed E-state index contributed by atoms with van der Waals surface area (Å²) in [5.74, 6) is 0.942. The van der Waals surface area contributed by atoms with E-state index in [1.165, 1.54) is 5.19 Å². The molecule has 0 radical (unpaired) electrons. The van der Waals surface area contributed by atoms with Crippen molar-refractivity contribution in [3.05, 3.63) is 44.2 Å². The van der Waals surface area contributed by atoms with E-state index in [4.69, 9.17) is 18.7 Å². The molecule has 0 atom stereocenters.